The summed E-state index contributed by atoms with van der Waals surface area (Å²) in [5.74, 6) is 0.689. The number of nitrogens with zero attached hydrogens (tertiary/aromatic N) is 4. The van der Waals surface area contributed by atoms with Crippen LogP contribution >= 0.6 is 23.1 Å². The van der Waals surface area contributed by atoms with Crippen LogP contribution in [0.3, 0.4) is 0 Å². The van der Waals surface area contributed by atoms with Crippen molar-refractivity contribution in [3.8, 4) is 0 Å². The van der Waals surface area contributed by atoms with Gasteiger partial charge in [-0.1, -0.05) is 4.49 Å². The lowest BCUT2D eigenvalue weighted by Gasteiger charge is -2.04. The van der Waals surface area contributed by atoms with Crippen LogP contribution in [0.2, 0.25) is 5.28 Å². The molecule has 3 heterocycles. The molecule has 17 heavy (non-hydrogen) atoms. The minimum atomic E-state index is 0.207. The van der Waals surface area contributed by atoms with Crippen LogP contribution in [0.25, 0.3) is 11.0 Å². The summed E-state index contributed by atoms with van der Waals surface area (Å²) in [7, 11) is 0. The average molecular weight is 267 g/mol. The predicted octanol–water partition coefficient (Wildman–Crippen LogP) is 2.07. The number of rotatable bonds is 3. The molecule has 0 aliphatic rings. The van der Waals surface area contributed by atoms with E-state index < -0.39 is 0 Å². The summed E-state index contributed by atoms with van der Waals surface area (Å²) in [6.45, 7) is 0.560. The Morgan fingerprint density at radius 1 is 1.41 bits per heavy atom. The third-order valence-electron chi connectivity index (χ3n) is 2.23. The van der Waals surface area contributed by atoms with Gasteiger partial charge in [0.05, 0.1) is 17.6 Å². The number of aromatic amines is 1. The van der Waals surface area contributed by atoms with E-state index in [-0.39, 0.29) is 5.28 Å². The second-order valence-electron chi connectivity index (χ2n) is 3.33. The zero-order chi connectivity index (χ0) is 11.7. The molecule has 0 aromatic carbocycles. The number of aromatic nitrogens is 5. The van der Waals surface area contributed by atoms with E-state index in [9.17, 15) is 0 Å². The molecule has 0 unspecified atom stereocenters. The van der Waals surface area contributed by atoms with Gasteiger partial charge in [0.25, 0.3) is 0 Å². The van der Waals surface area contributed by atoms with E-state index in [2.05, 4.69) is 29.9 Å². The second kappa shape index (κ2) is 4.27. The SMILES string of the molecule is Clc1nc(NCc2csnn2)c2cc[nH]c2n1. The quantitative estimate of drug-likeness (QED) is 0.710. The molecule has 3 aromatic rings. The zero-order valence-electron chi connectivity index (χ0n) is 8.51. The summed E-state index contributed by atoms with van der Waals surface area (Å²) < 4.78 is 3.79. The number of hydrogen-bond donors (Lipinski definition) is 2. The molecule has 3 rings (SSSR count). The van der Waals surface area contributed by atoms with Crippen LogP contribution in [-0.2, 0) is 6.54 Å². The molecule has 0 radical (unpaired) electrons. The molecule has 0 spiro atoms. The normalized spacial score (nSPS) is 10.9. The zero-order valence-corrected chi connectivity index (χ0v) is 10.1. The first-order valence-corrected chi connectivity index (χ1v) is 6.05. The summed E-state index contributed by atoms with van der Waals surface area (Å²) >= 11 is 7.15. The van der Waals surface area contributed by atoms with Gasteiger partial charge in [-0.05, 0) is 29.2 Å². The Balaban J connectivity index is 1.91. The minimum Gasteiger partial charge on any atom is -0.364 e. The highest BCUT2D eigenvalue weighted by Crippen LogP contribution is 2.21. The van der Waals surface area contributed by atoms with Crippen molar-refractivity contribution in [3.63, 3.8) is 0 Å². The molecular formula is C9H7ClN6S. The minimum absolute atomic E-state index is 0.207. The topological polar surface area (TPSA) is 79.4 Å². The van der Waals surface area contributed by atoms with Crippen LogP contribution < -0.4 is 5.32 Å². The second-order valence-corrected chi connectivity index (χ2v) is 4.28. The largest absolute Gasteiger partial charge is 0.364 e. The van der Waals surface area contributed by atoms with Crippen molar-refractivity contribution < 1.29 is 0 Å². The molecule has 6 nitrogen and oxygen atoms in total. The Morgan fingerprint density at radius 2 is 2.35 bits per heavy atom. The Bertz CT molecular complexity index is 634. The third-order valence-corrected chi connectivity index (χ3v) is 2.95. The van der Waals surface area contributed by atoms with Gasteiger partial charge >= 0.3 is 0 Å². The van der Waals surface area contributed by atoms with Crippen molar-refractivity contribution in [1.82, 2.24) is 24.5 Å². The summed E-state index contributed by atoms with van der Waals surface area (Å²) in [5, 5.41) is 10.1. The number of anilines is 1. The van der Waals surface area contributed by atoms with E-state index in [1.807, 2.05) is 11.4 Å². The summed E-state index contributed by atoms with van der Waals surface area (Å²) in [4.78, 5) is 11.2. The molecular weight excluding hydrogens is 260 g/mol. The highest BCUT2D eigenvalue weighted by Gasteiger charge is 2.07. The van der Waals surface area contributed by atoms with Crippen LogP contribution in [0.1, 0.15) is 5.69 Å². The molecule has 0 atom stereocenters. The number of nitrogens with one attached hydrogen (secondary N) is 2. The summed E-state index contributed by atoms with van der Waals surface area (Å²) in [6, 6.07) is 1.90. The molecule has 2 N–H and O–H groups in total. The standard InChI is InChI=1S/C9H7ClN6S/c10-9-13-7-6(1-2-11-7)8(14-9)12-3-5-4-17-16-15-5/h1-2,4H,3H2,(H2,11,12,13,14). The van der Waals surface area contributed by atoms with Crippen molar-refractivity contribution >= 4 is 40.0 Å². The number of fused-ring (bicyclic) bond motifs is 1. The van der Waals surface area contributed by atoms with Gasteiger partial charge in [0.15, 0.2) is 0 Å². The smallest absolute Gasteiger partial charge is 0.226 e. The number of halogens is 1. The predicted molar refractivity (Wildman–Crippen MR) is 66.1 cm³/mol. The van der Waals surface area contributed by atoms with Gasteiger partial charge in [0.2, 0.25) is 5.28 Å². The average Bonchev–Trinajstić information content (AvgIpc) is 2.95. The molecule has 3 aromatic heterocycles. The number of hydrogen-bond acceptors (Lipinski definition) is 6. The van der Waals surface area contributed by atoms with E-state index >= 15 is 0 Å². The van der Waals surface area contributed by atoms with Crippen LogP contribution in [0.5, 0.6) is 0 Å². The van der Waals surface area contributed by atoms with Crippen molar-refractivity contribution in [2.24, 2.45) is 0 Å². The van der Waals surface area contributed by atoms with E-state index in [1.54, 1.807) is 6.20 Å². The number of H-pyrrole nitrogens is 1. The van der Waals surface area contributed by atoms with Gasteiger partial charge in [-0.2, -0.15) is 4.98 Å². The first-order valence-electron chi connectivity index (χ1n) is 4.83. The van der Waals surface area contributed by atoms with Crippen LogP contribution in [0.4, 0.5) is 5.82 Å². The maximum absolute atomic E-state index is 5.83. The fraction of sp³-hybridized carbons (Fsp3) is 0.111. The molecule has 8 heteroatoms. The Morgan fingerprint density at radius 3 is 3.18 bits per heavy atom. The summed E-state index contributed by atoms with van der Waals surface area (Å²) in [5.41, 5.74) is 1.58. The molecule has 0 saturated carbocycles. The van der Waals surface area contributed by atoms with Gasteiger partial charge in [-0.3, -0.25) is 0 Å². The van der Waals surface area contributed by atoms with Crippen molar-refractivity contribution in [2.45, 2.75) is 6.54 Å². The molecule has 0 fully saturated rings. The molecule has 0 amide bonds. The fourth-order valence-electron chi connectivity index (χ4n) is 1.48. The molecule has 0 bridgehead atoms. The van der Waals surface area contributed by atoms with Crippen LogP contribution in [0.15, 0.2) is 17.6 Å². The van der Waals surface area contributed by atoms with Gasteiger partial charge in [-0.15, -0.1) is 5.10 Å². The lowest BCUT2D eigenvalue weighted by atomic mass is 10.3. The Kier molecular flexibility index (Phi) is 2.62. The van der Waals surface area contributed by atoms with Crippen molar-refractivity contribution in [3.05, 3.63) is 28.6 Å². The lowest BCUT2D eigenvalue weighted by Crippen LogP contribution is -2.03. The fourth-order valence-corrected chi connectivity index (χ4v) is 2.10. The van der Waals surface area contributed by atoms with Crippen molar-refractivity contribution in [1.29, 1.82) is 0 Å². The Labute approximate surface area is 105 Å². The highest BCUT2D eigenvalue weighted by atomic mass is 35.5. The first-order chi connectivity index (χ1) is 8.33. The highest BCUT2D eigenvalue weighted by molar-refractivity contribution is 7.03. The monoisotopic (exact) mass is 266 g/mol. The van der Waals surface area contributed by atoms with Gasteiger partial charge in [-0.25, -0.2) is 4.98 Å². The van der Waals surface area contributed by atoms with E-state index in [1.165, 1.54) is 11.5 Å². The molecule has 0 aliphatic heterocycles. The molecule has 86 valence electrons. The van der Waals surface area contributed by atoms with Gasteiger partial charge in [0.1, 0.15) is 11.5 Å². The molecule has 0 aliphatic carbocycles. The summed E-state index contributed by atoms with van der Waals surface area (Å²) in [6.07, 6.45) is 1.80. The maximum atomic E-state index is 5.83. The van der Waals surface area contributed by atoms with E-state index in [4.69, 9.17) is 11.6 Å². The van der Waals surface area contributed by atoms with Crippen LogP contribution in [-0.4, -0.2) is 24.5 Å². The van der Waals surface area contributed by atoms with E-state index in [0.717, 1.165) is 11.1 Å². The van der Waals surface area contributed by atoms with E-state index in [0.29, 0.717) is 18.0 Å². The lowest BCUT2D eigenvalue weighted by molar-refractivity contribution is 0.989. The first kappa shape index (κ1) is 10.4. The Hall–Kier alpha value is -1.73. The van der Waals surface area contributed by atoms with Crippen LogP contribution in [0, 0.1) is 0 Å². The van der Waals surface area contributed by atoms with Gasteiger partial charge < -0.3 is 10.3 Å². The van der Waals surface area contributed by atoms with Gasteiger partial charge in [0, 0.05) is 11.6 Å². The maximum Gasteiger partial charge on any atom is 0.226 e. The van der Waals surface area contributed by atoms with Crippen molar-refractivity contribution in [2.75, 3.05) is 5.32 Å². The molecule has 0 saturated heterocycles. The third kappa shape index (κ3) is 2.06.